The predicted molar refractivity (Wildman–Crippen MR) is 103 cm³/mol. The summed E-state index contributed by atoms with van der Waals surface area (Å²) < 4.78 is 5.46. The molecule has 0 aliphatic carbocycles. The van der Waals surface area contributed by atoms with Crippen molar-refractivity contribution in [2.24, 2.45) is 5.92 Å². The fourth-order valence-corrected chi connectivity index (χ4v) is 3.21. The third-order valence-corrected chi connectivity index (χ3v) is 4.83. The van der Waals surface area contributed by atoms with Gasteiger partial charge in [-0.3, -0.25) is 14.4 Å². The third-order valence-electron chi connectivity index (χ3n) is 4.58. The number of hydrogen-bond acceptors (Lipinski definition) is 4. The molecule has 0 spiro atoms. The Kier molecular flexibility index (Phi) is 5.91. The normalized spacial score (nSPS) is 17.6. The minimum absolute atomic E-state index is 0.0669. The molecule has 5 nitrogen and oxygen atoms in total. The van der Waals surface area contributed by atoms with Gasteiger partial charge in [0.2, 0.25) is 11.7 Å². The molecular formula is C21H20ClNO4. The topological polar surface area (TPSA) is 63.7 Å². The van der Waals surface area contributed by atoms with Gasteiger partial charge in [0.25, 0.3) is 0 Å². The van der Waals surface area contributed by atoms with Crippen molar-refractivity contribution >= 4 is 34.9 Å². The van der Waals surface area contributed by atoms with Crippen molar-refractivity contribution in [3.05, 3.63) is 65.2 Å². The van der Waals surface area contributed by atoms with Crippen molar-refractivity contribution in [3.63, 3.8) is 0 Å². The molecule has 2 aromatic rings. The molecule has 0 saturated carbocycles. The lowest BCUT2D eigenvalue weighted by Gasteiger charge is -2.19. The Morgan fingerprint density at radius 1 is 1.15 bits per heavy atom. The standard InChI is InChI=1S/C21H20ClNO4/c1-2-18(20(25)14-6-4-3-5-7-14)27-21(26)15-12-19(24)23(13-15)17-10-8-16(22)9-11-17/h3-11,15,18H,2,12-13H2,1H3/t15-,18+/m1/s1. The van der Waals surface area contributed by atoms with Crippen molar-refractivity contribution in [1.29, 1.82) is 0 Å². The zero-order valence-electron chi connectivity index (χ0n) is 14.9. The minimum atomic E-state index is -0.848. The molecule has 1 aliphatic rings. The first-order chi connectivity index (χ1) is 13.0. The Balaban J connectivity index is 1.66. The van der Waals surface area contributed by atoms with Gasteiger partial charge in [0.1, 0.15) is 0 Å². The van der Waals surface area contributed by atoms with Crippen LogP contribution < -0.4 is 4.90 Å². The maximum atomic E-state index is 12.6. The average molecular weight is 386 g/mol. The number of carbonyl (C=O) groups excluding carboxylic acids is 3. The van der Waals surface area contributed by atoms with Crippen LogP contribution in [0.3, 0.4) is 0 Å². The number of hydrogen-bond donors (Lipinski definition) is 0. The van der Waals surface area contributed by atoms with Gasteiger partial charge in [-0.05, 0) is 30.7 Å². The smallest absolute Gasteiger partial charge is 0.312 e. The van der Waals surface area contributed by atoms with Crippen LogP contribution in [-0.4, -0.2) is 30.3 Å². The number of Topliss-reactive ketones (excluding diaryl/α,β-unsaturated/α-hetero) is 1. The molecule has 1 fully saturated rings. The Bertz CT molecular complexity index is 835. The molecule has 0 bridgehead atoms. The van der Waals surface area contributed by atoms with Crippen LogP contribution in [0.25, 0.3) is 0 Å². The number of carbonyl (C=O) groups is 3. The van der Waals surface area contributed by atoms with Gasteiger partial charge in [-0.15, -0.1) is 0 Å². The van der Waals surface area contributed by atoms with Gasteiger partial charge >= 0.3 is 5.97 Å². The van der Waals surface area contributed by atoms with Gasteiger partial charge in [0.05, 0.1) is 5.92 Å². The van der Waals surface area contributed by atoms with E-state index in [1.54, 1.807) is 60.4 Å². The molecule has 2 atom stereocenters. The summed E-state index contributed by atoms with van der Waals surface area (Å²) in [6.45, 7) is 2.02. The second kappa shape index (κ2) is 8.35. The summed E-state index contributed by atoms with van der Waals surface area (Å²) >= 11 is 5.88. The summed E-state index contributed by atoms with van der Waals surface area (Å²) in [6.07, 6.45) is -0.405. The highest BCUT2D eigenvalue weighted by Gasteiger charge is 2.37. The second-order valence-corrected chi connectivity index (χ2v) is 6.88. The van der Waals surface area contributed by atoms with E-state index < -0.39 is 18.0 Å². The van der Waals surface area contributed by atoms with Crippen LogP contribution in [0.1, 0.15) is 30.1 Å². The lowest BCUT2D eigenvalue weighted by atomic mass is 10.0. The van der Waals surface area contributed by atoms with Crippen molar-refractivity contribution < 1.29 is 19.1 Å². The van der Waals surface area contributed by atoms with Crippen LogP contribution in [0.4, 0.5) is 5.69 Å². The fraction of sp³-hybridized carbons (Fsp3) is 0.286. The molecule has 140 valence electrons. The van der Waals surface area contributed by atoms with E-state index in [4.69, 9.17) is 16.3 Å². The van der Waals surface area contributed by atoms with Crippen LogP contribution in [0.15, 0.2) is 54.6 Å². The first-order valence-corrected chi connectivity index (χ1v) is 9.23. The van der Waals surface area contributed by atoms with E-state index in [0.717, 1.165) is 0 Å². The van der Waals surface area contributed by atoms with Crippen LogP contribution >= 0.6 is 11.6 Å². The highest BCUT2D eigenvalue weighted by Crippen LogP contribution is 2.27. The molecule has 6 heteroatoms. The molecule has 1 heterocycles. The van der Waals surface area contributed by atoms with Crippen LogP contribution in [-0.2, 0) is 14.3 Å². The molecule has 27 heavy (non-hydrogen) atoms. The number of nitrogens with zero attached hydrogens (tertiary/aromatic N) is 1. The van der Waals surface area contributed by atoms with Gasteiger partial charge in [-0.1, -0.05) is 48.9 Å². The Hall–Kier alpha value is -2.66. The molecule has 1 amide bonds. The van der Waals surface area contributed by atoms with Gasteiger partial charge in [-0.25, -0.2) is 0 Å². The molecule has 0 N–H and O–H groups in total. The van der Waals surface area contributed by atoms with E-state index >= 15 is 0 Å². The fourth-order valence-electron chi connectivity index (χ4n) is 3.08. The lowest BCUT2D eigenvalue weighted by Crippen LogP contribution is -2.31. The van der Waals surface area contributed by atoms with E-state index in [0.29, 0.717) is 22.7 Å². The number of halogens is 1. The number of anilines is 1. The molecule has 3 rings (SSSR count). The van der Waals surface area contributed by atoms with E-state index in [2.05, 4.69) is 0 Å². The first-order valence-electron chi connectivity index (χ1n) is 8.85. The molecule has 1 saturated heterocycles. The number of rotatable bonds is 6. The number of ether oxygens (including phenoxy) is 1. The van der Waals surface area contributed by atoms with Crippen LogP contribution in [0.2, 0.25) is 5.02 Å². The quantitative estimate of drug-likeness (QED) is 0.559. The molecule has 0 aromatic heterocycles. The summed E-state index contributed by atoms with van der Waals surface area (Å²) in [5.41, 5.74) is 1.19. The zero-order valence-corrected chi connectivity index (χ0v) is 15.7. The lowest BCUT2D eigenvalue weighted by molar-refractivity contribution is -0.151. The summed E-state index contributed by atoms with van der Waals surface area (Å²) in [7, 11) is 0. The Morgan fingerprint density at radius 2 is 1.81 bits per heavy atom. The van der Waals surface area contributed by atoms with Crippen LogP contribution in [0.5, 0.6) is 0 Å². The minimum Gasteiger partial charge on any atom is -0.454 e. The van der Waals surface area contributed by atoms with E-state index in [1.807, 2.05) is 6.07 Å². The van der Waals surface area contributed by atoms with E-state index in [-0.39, 0.29) is 24.7 Å². The maximum absolute atomic E-state index is 12.6. The van der Waals surface area contributed by atoms with Gasteiger partial charge < -0.3 is 9.64 Å². The number of ketones is 1. The van der Waals surface area contributed by atoms with Crippen molar-refractivity contribution in [2.45, 2.75) is 25.9 Å². The SMILES string of the molecule is CC[C@H](OC(=O)[C@@H]1CC(=O)N(c2ccc(Cl)cc2)C1)C(=O)c1ccccc1. The molecule has 1 aliphatic heterocycles. The first kappa shape index (κ1) is 19.1. The van der Waals surface area contributed by atoms with E-state index in [9.17, 15) is 14.4 Å². The highest BCUT2D eigenvalue weighted by atomic mass is 35.5. The summed E-state index contributed by atoms with van der Waals surface area (Å²) in [5, 5.41) is 0.576. The zero-order chi connectivity index (χ0) is 19.4. The molecule has 2 aromatic carbocycles. The van der Waals surface area contributed by atoms with E-state index in [1.165, 1.54) is 0 Å². The number of benzene rings is 2. The summed E-state index contributed by atoms with van der Waals surface area (Å²) in [5.74, 6) is -1.49. The van der Waals surface area contributed by atoms with Crippen molar-refractivity contribution in [1.82, 2.24) is 0 Å². The van der Waals surface area contributed by atoms with Gasteiger partial charge in [0, 0.05) is 29.2 Å². The maximum Gasteiger partial charge on any atom is 0.312 e. The highest BCUT2D eigenvalue weighted by molar-refractivity contribution is 6.30. The summed E-state index contributed by atoms with van der Waals surface area (Å²) in [4.78, 5) is 38.9. The van der Waals surface area contributed by atoms with Gasteiger partial charge in [0.15, 0.2) is 6.10 Å². The Labute approximate surface area is 162 Å². The van der Waals surface area contributed by atoms with Crippen LogP contribution in [0, 0.1) is 5.92 Å². The monoisotopic (exact) mass is 385 g/mol. The van der Waals surface area contributed by atoms with Crippen molar-refractivity contribution in [2.75, 3.05) is 11.4 Å². The molecule has 0 unspecified atom stereocenters. The molecular weight excluding hydrogens is 366 g/mol. The predicted octanol–water partition coefficient (Wildman–Crippen LogP) is 3.90. The van der Waals surface area contributed by atoms with Crippen molar-refractivity contribution in [3.8, 4) is 0 Å². The average Bonchev–Trinajstić information content (AvgIpc) is 3.08. The molecule has 0 radical (unpaired) electrons. The van der Waals surface area contributed by atoms with Gasteiger partial charge in [-0.2, -0.15) is 0 Å². The third kappa shape index (κ3) is 4.37. The largest absolute Gasteiger partial charge is 0.454 e. The number of amides is 1. The summed E-state index contributed by atoms with van der Waals surface area (Å²) in [6, 6.07) is 15.6. The Morgan fingerprint density at radius 3 is 2.44 bits per heavy atom. The second-order valence-electron chi connectivity index (χ2n) is 6.45. The number of esters is 1.